The number of aliphatic hydroxyl groups is 2. The molecule has 0 amide bonds. The normalized spacial score (nSPS) is 13.1. The van der Waals surface area contributed by atoms with Crippen LogP contribution in [0, 0.1) is 0 Å². The number of Topliss-reactive ketones (excluding diaryl/α,β-unsaturated/α-hetero) is 1. The van der Waals surface area contributed by atoms with E-state index in [2.05, 4.69) is 0 Å². The average Bonchev–Trinajstić information content (AvgIpc) is 2.16. The SMILES string of the molecule is C[C@H](N)C(=O)O.O=C(O)C(O)C(=O)CO. The highest BCUT2D eigenvalue weighted by atomic mass is 16.4. The minimum Gasteiger partial charge on any atom is -0.480 e. The van der Waals surface area contributed by atoms with Gasteiger partial charge >= 0.3 is 11.9 Å². The molecule has 0 aromatic rings. The zero-order valence-electron chi connectivity index (χ0n) is 7.95. The summed E-state index contributed by atoms with van der Waals surface area (Å²) in [5, 5.41) is 32.0. The monoisotopic (exact) mass is 223 g/mol. The zero-order chi connectivity index (χ0) is 12.6. The molecule has 0 spiro atoms. The Morgan fingerprint density at radius 2 is 1.53 bits per heavy atom. The maximum absolute atomic E-state index is 10.1. The highest BCUT2D eigenvalue weighted by Gasteiger charge is 2.20. The number of aliphatic carboxylic acids is 2. The molecule has 0 aliphatic rings. The van der Waals surface area contributed by atoms with E-state index >= 15 is 0 Å². The van der Waals surface area contributed by atoms with Crippen molar-refractivity contribution in [3.05, 3.63) is 0 Å². The fourth-order valence-electron chi connectivity index (χ4n) is 0.224. The minimum absolute atomic E-state index is 0.731. The number of carbonyl (C=O) groups excluding carboxylic acids is 1. The van der Waals surface area contributed by atoms with E-state index in [4.69, 9.17) is 26.2 Å². The molecule has 0 saturated carbocycles. The number of carbonyl (C=O) groups is 3. The lowest BCUT2D eigenvalue weighted by atomic mass is 10.2. The number of hydrogen-bond donors (Lipinski definition) is 5. The third kappa shape index (κ3) is 8.81. The lowest BCUT2D eigenvalue weighted by molar-refractivity contribution is -0.153. The molecular formula is C7H13NO7. The summed E-state index contributed by atoms with van der Waals surface area (Å²) in [7, 11) is 0. The quantitative estimate of drug-likeness (QED) is 0.325. The molecule has 0 fully saturated rings. The van der Waals surface area contributed by atoms with Gasteiger partial charge in [-0.2, -0.15) is 0 Å². The van der Waals surface area contributed by atoms with Crippen LogP contribution in [0.15, 0.2) is 0 Å². The molecule has 0 aliphatic carbocycles. The van der Waals surface area contributed by atoms with Gasteiger partial charge in [0.2, 0.25) is 6.10 Å². The van der Waals surface area contributed by atoms with E-state index in [0.717, 1.165) is 0 Å². The molecule has 6 N–H and O–H groups in total. The molecule has 0 radical (unpaired) electrons. The summed E-state index contributed by atoms with van der Waals surface area (Å²) in [6.45, 7) is 0.468. The van der Waals surface area contributed by atoms with E-state index in [9.17, 15) is 14.4 Å². The van der Waals surface area contributed by atoms with Crippen molar-refractivity contribution < 1.29 is 34.8 Å². The number of nitrogens with two attached hydrogens (primary N) is 1. The summed E-state index contributed by atoms with van der Waals surface area (Å²) in [4.78, 5) is 29.4. The average molecular weight is 223 g/mol. The Morgan fingerprint density at radius 3 is 1.60 bits per heavy atom. The molecule has 2 atom stereocenters. The Morgan fingerprint density at radius 1 is 1.20 bits per heavy atom. The fraction of sp³-hybridized carbons (Fsp3) is 0.571. The number of aliphatic hydroxyl groups excluding tert-OH is 2. The van der Waals surface area contributed by atoms with Crippen molar-refractivity contribution in [1.82, 2.24) is 0 Å². The molecule has 88 valence electrons. The van der Waals surface area contributed by atoms with Crippen molar-refractivity contribution in [3.63, 3.8) is 0 Å². The van der Waals surface area contributed by atoms with E-state index in [1.165, 1.54) is 6.92 Å². The van der Waals surface area contributed by atoms with Crippen molar-refractivity contribution in [2.75, 3.05) is 6.61 Å². The summed E-state index contributed by atoms with van der Waals surface area (Å²) >= 11 is 0. The molecule has 8 nitrogen and oxygen atoms in total. The second kappa shape index (κ2) is 7.85. The molecule has 1 unspecified atom stereocenters. The number of rotatable bonds is 4. The second-order valence-corrected chi connectivity index (χ2v) is 2.49. The third-order valence-electron chi connectivity index (χ3n) is 1.08. The van der Waals surface area contributed by atoms with E-state index < -0.39 is 36.5 Å². The standard InChI is InChI=1S/C4H6O5.C3H7NO2/c5-1-2(6)3(7)4(8)9;1-2(4)3(5)6/h3,5,7H,1H2,(H,8,9);2H,4H2,1H3,(H,5,6)/t;2-/m.0/s1. The maximum atomic E-state index is 10.1. The molecule has 0 rings (SSSR count). The summed E-state index contributed by atoms with van der Waals surface area (Å²) in [5.41, 5.74) is 4.84. The molecule has 0 aromatic heterocycles. The van der Waals surface area contributed by atoms with E-state index in [1.54, 1.807) is 0 Å². The van der Waals surface area contributed by atoms with Crippen molar-refractivity contribution in [1.29, 1.82) is 0 Å². The van der Waals surface area contributed by atoms with Crippen molar-refractivity contribution in [2.45, 2.75) is 19.1 Å². The van der Waals surface area contributed by atoms with Gasteiger partial charge in [0.05, 0.1) is 0 Å². The summed E-state index contributed by atoms with van der Waals surface area (Å²) in [6.07, 6.45) is -2.09. The molecule has 0 bridgehead atoms. The Kier molecular flexibility index (Phi) is 8.35. The van der Waals surface area contributed by atoms with Crippen LogP contribution in [0.4, 0.5) is 0 Å². The van der Waals surface area contributed by atoms with Crippen LogP contribution in [0.25, 0.3) is 0 Å². The highest BCUT2D eigenvalue weighted by Crippen LogP contribution is 1.83. The molecular weight excluding hydrogens is 210 g/mol. The third-order valence-corrected chi connectivity index (χ3v) is 1.08. The van der Waals surface area contributed by atoms with Gasteiger partial charge in [-0.05, 0) is 6.92 Å². The largest absolute Gasteiger partial charge is 0.480 e. The van der Waals surface area contributed by atoms with Crippen LogP contribution in [-0.2, 0) is 14.4 Å². The van der Waals surface area contributed by atoms with Gasteiger partial charge in [0.25, 0.3) is 0 Å². The fourth-order valence-corrected chi connectivity index (χ4v) is 0.224. The van der Waals surface area contributed by atoms with Gasteiger partial charge in [0.1, 0.15) is 12.6 Å². The van der Waals surface area contributed by atoms with Gasteiger partial charge in [-0.3, -0.25) is 9.59 Å². The van der Waals surface area contributed by atoms with Crippen LogP contribution in [0.3, 0.4) is 0 Å². The first-order chi connectivity index (χ1) is 6.73. The van der Waals surface area contributed by atoms with Crippen LogP contribution in [0.5, 0.6) is 0 Å². The summed E-state index contributed by atoms with van der Waals surface area (Å²) in [6, 6.07) is -0.731. The van der Waals surface area contributed by atoms with Crippen molar-refractivity contribution in [2.24, 2.45) is 5.73 Å². The van der Waals surface area contributed by atoms with E-state index in [1.807, 2.05) is 0 Å². The highest BCUT2D eigenvalue weighted by molar-refractivity contribution is 6.01. The summed E-state index contributed by atoms with van der Waals surface area (Å²) in [5.74, 6) is -3.72. The zero-order valence-corrected chi connectivity index (χ0v) is 7.95. The lowest BCUT2D eigenvalue weighted by Crippen LogP contribution is -2.31. The first kappa shape index (κ1) is 15.9. The van der Waals surface area contributed by atoms with Crippen LogP contribution < -0.4 is 5.73 Å². The molecule has 0 heterocycles. The van der Waals surface area contributed by atoms with Gasteiger partial charge in [-0.1, -0.05) is 0 Å². The van der Waals surface area contributed by atoms with Crippen LogP contribution in [-0.4, -0.2) is 56.9 Å². The predicted octanol–water partition coefficient (Wildman–Crippen LogP) is -2.59. The second-order valence-electron chi connectivity index (χ2n) is 2.49. The number of carboxylic acid groups (broad SMARTS) is 2. The van der Waals surface area contributed by atoms with Crippen molar-refractivity contribution >= 4 is 17.7 Å². The Labute approximate surface area is 84.9 Å². The van der Waals surface area contributed by atoms with Gasteiger partial charge in [0.15, 0.2) is 5.78 Å². The Hall–Kier alpha value is -1.51. The molecule has 0 aliphatic heterocycles. The van der Waals surface area contributed by atoms with Gasteiger partial charge < -0.3 is 26.2 Å². The molecule has 0 saturated heterocycles. The maximum Gasteiger partial charge on any atom is 0.340 e. The minimum atomic E-state index is -2.09. The van der Waals surface area contributed by atoms with E-state index in [-0.39, 0.29) is 0 Å². The van der Waals surface area contributed by atoms with Gasteiger partial charge in [-0.15, -0.1) is 0 Å². The lowest BCUT2D eigenvalue weighted by Gasteiger charge is -1.98. The molecule has 15 heavy (non-hydrogen) atoms. The van der Waals surface area contributed by atoms with Gasteiger partial charge in [0, 0.05) is 0 Å². The first-order valence-electron chi connectivity index (χ1n) is 3.76. The van der Waals surface area contributed by atoms with Crippen LogP contribution in [0.2, 0.25) is 0 Å². The van der Waals surface area contributed by atoms with Crippen LogP contribution in [0.1, 0.15) is 6.92 Å². The smallest absolute Gasteiger partial charge is 0.340 e. The first-order valence-corrected chi connectivity index (χ1v) is 3.76. The molecule has 0 aromatic carbocycles. The Bertz CT molecular complexity index is 237. The predicted molar refractivity (Wildman–Crippen MR) is 47.0 cm³/mol. The topological polar surface area (TPSA) is 158 Å². The Balaban J connectivity index is 0. The number of carboxylic acids is 2. The summed E-state index contributed by atoms with van der Waals surface area (Å²) < 4.78 is 0. The van der Waals surface area contributed by atoms with E-state index in [0.29, 0.717) is 0 Å². The van der Waals surface area contributed by atoms with Gasteiger partial charge in [-0.25, -0.2) is 4.79 Å². The number of ketones is 1. The van der Waals surface area contributed by atoms with Crippen molar-refractivity contribution in [3.8, 4) is 0 Å². The van der Waals surface area contributed by atoms with Crippen LogP contribution >= 0.6 is 0 Å². The molecule has 8 heteroatoms. The number of hydrogen-bond acceptors (Lipinski definition) is 6.